The zero-order valence-electron chi connectivity index (χ0n) is 10.4. The molecule has 2 aromatic carbocycles. The van der Waals surface area contributed by atoms with Gasteiger partial charge in [0.05, 0.1) is 6.42 Å². The minimum absolute atomic E-state index is 0.0762. The van der Waals surface area contributed by atoms with Crippen LogP contribution in [0.25, 0.3) is 0 Å². The standard InChI is InChI=1S/C15H13Cl2NO/c1-10-13(17)3-2-4-14(10)18-15(19)9-11-5-7-12(16)8-6-11/h2-8H,9H2,1H3,(H,18,19). The van der Waals surface area contributed by atoms with Crippen molar-refractivity contribution in [3.63, 3.8) is 0 Å². The average Bonchev–Trinajstić information content (AvgIpc) is 2.38. The average molecular weight is 294 g/mol. The molecule has 98 valence electrons. The maximum atomic E-state index is 11.9. The van der Waals surface area contributed by atoms with E-state index in [4.69, 9.17) is 23.2 Å². The molecule has 2 nitrogen and oxygen atoms in total. The predicted molar refractivity (Wildman–Crippen MR) is 80.0 cm³/mol. The van der Waals surface area contributed by atoms with Crippen molar-refractivity contribution in [1.82, 2.24) is 0 Å². The molecule has 0 bridgehead atoms. The third kappa shape index (κ3) is 3.72. The highest BCUT2D eigenvalue weighted by Gasteiger charge is 2.07. The molecular formula is C15H13Cl2NO. The Labute approximate surface area is 122 Å². The molecule has 0 unspecified atom stereocenters. The second-order valence-electron chi connectivity index (χ2n) is 4.26. The van der Waals surface area contributed by atoms with Crippen molar-refractivity contribution < 1.29 is 4.79 Å². The molecule has 0 heterocycles. The Balaban J connectivity index is 2.05. The van der Waals surface area contributed by atoms with Gasteiger partial charge in [-0.15, -0.1) is 0 Å². The van der Waals surface area contributed by atoms with Crippen LogP contribution in [0.2, 0.25) is 10.0 Å². The van der Waals surface area contributed by atoms with Crippen LogP contribution in [0, 0.1) is 6.92 Å². The normalized spacial score (nSPS) is 10.3. The van der Waals surface area contributed by atoms with E-state index in [2.05, 4.69) is 5.32 Å². The first-order chi connectivity index (χ1) is 9.06. The second kappa shape index (κ2) is 6.09. The van der Waals surface area contributed by atoms with Crippen LogP contribution in [0.15, 0.2) is 42.5 Å². The summed E-state index contributed by atoms with van der Waals surface area (Å²) >= 11 is 11.8. The van der Waals surface area contributed by atoms with Gasteiger partial charge in [-0.25, -0.2) is 0 Å². The molecule has 19 heavy (non-hydrogen) atoms. The summed E-state index contributed by atoms with van der Waals surface area (Å²) in [5.74, 6) is -0.0762. The van der Waals surface area contributed by atoms with Crippen molar-refractivity contribution in [3.8, 4) is 0 Å². The largest absolute Gasteiger partial charge is 0.326 e. The summed E-state index contributed by atoms with van der Waals surface area (Å²) in [7, 11) is 0. The third-order valence-corrected chi connectivity index (χ3v) is 3.48. The van der Waals surface area contributed by atoms with E-state index in [0.29, 0.717) is 16.5 Å². The molecule has 2 rings (SSSR count). The lowest BCUT2D eigenvalue weighted by atomic mass is 10.1. The molecule has 0 saturated heterocycles. The van der Waals surface area contributed by atoms with E-state index in [1.165, 1.54) is 0 Å². The van der Waals surface area contributed by atoms with E-state index in [0.717, 1.165) is 16.8 Å². The van der Waals surface area contributed by atoms with Crippen LogP contribution in [0.4, 0.5) is 5.69 Å². The lowest BCUT2D eigenvalue weighted by Gasteiger charge is -2.09. The number of rotatable bonds is 3. The molecule has 0 aliphatic rings. The van der Waals surface area contributed by atoms with Crippen LogP contribution in [0.1, 0.15) is 11.1 Å². The van der Waals surface area contributed by atoms with Gasteiger partial charge in [0.15, 0.2) is 0 Å². The number of amides is 1. The number of hydrogen-bond donors (Lipinski definition) is 1. The van der Waals surface area contributed by atoms with Crippen LogP contribution in [-0.2, 0) is 11.2 Å². The van der Waals surface area contributed by atoms with Gasteiger partial charge in [-0.2, -0.15) is 0 Å². The van der Waals surface area contributed by atoms with Crippen LogP contribution in [0.3, 0.4) is 0 Å². The van der Waals surface area contributed by atoms with Gasteiger partial charge >= 0.3 is 0 Å². The summed E-state index contributed by atoms with van der Waals surface area (Å²) in [4.78, 5) is 11.9. The van der Waals surface area contributed by atoms with E-state index in [1.54, 1.807) is 18.2 Å². The van der Waals surface area contributed by atoms with Crippen LogP contribution < -0.4 is 5.32 Å². The minimum Gasteiger partial charge on any atom is -0.326 e. The summed E-state index contributed by atoms with van der Waals surface area (Å²) in [6.45, 7) is 1.88. The van der Waals surface area contributed by atoms with E-state index < -0.39 is 0 Å². The topological polar surface area (TPSA) is 29.1 Å². The number of anilines is 1. The summed E-state index contributed by atoms with van der Waals surface area (Å²) in [5.41, 5.74) is 2.53. The minimum atomic E-state index is -0.0762. The van der Waals surface area contributed by atoms with Crippen LogP contribution in [-0.4, -0.2) is 5.91 Å². The molecule has 0 saturated carbocycles. The number of halogens is 2. The zero-order valence-corrected chi connectivity index (χ0v) is 11.9. The number of hydrogen-bond acceptors (Lipinski definition) is 1. The molecule has 0 atom stereocenters. The van der Waals surface area contributed by atoms with Crippen molar-refractivity contribution in [1.29, 1.82) is 0 Å². The van der Waals surface area contributed by atoms with Gasteiger partial charge < -0.3 is 5.32 Å². The highest BCUT2D eigenvalue weighted by atomic mass is 35.5. The Morgan fingerprint density at radius 1 is 1.11 bits per heavy atom. The fourth-order valence-electron chi connectivity index (χ4n) is 1.72. The Morgan fingerprint density at radius 3 is 2.47 bits per heavy atom. The highest BCUT2D eigenvalue weighted by Crippen LogP contribution is 2.23. The molecule has 0 fully saturated rings. The van der Waals surface area contributed by atoms with Crippen molar-refractivity contribution in [2.24, 2.45) is 0 Å². The number of nitrogens with one attached hydrogen (secondary N) is 1. The van der Waals surface area contributed by atoms with E-state index in [9.17, 15) is 4.79 Å². The summed E-state index contributed by atoms with van der Waals surface area (Å²) in [5, 5.41) is 4.16. The van der Waals surface area contributed by atoms with E-state index in [-0.39, 0.29) is 5.91 Å². The van der Waals surface area contributed by atoms with Gasteiger partial charge in [-0.05, 0) is 42.3 Å². The highest BCUT2D eigenvalue weighted by molar-refractivity contribution is 6.31. The molecule has 2 aromatic rings. The molecule has 1 N–H and O–H groups in total. The first kappa shape index (κ1) is 13.9. The van der Waals surface area contributed by atoms with Crippen molar-refractivity contribution in [2.45, 2.75) is 13.3 Å². The fraction of sp³-hybridized carbons (Fsp3) is 0.133. The fourth-order valence-corrected chi connectivity index (χ4v) is 2.03. The number of benzene rings is 2. The lowest BCUT2D eigenvalue weighted by Crippen LogP contribution is -2.15. The van der Waals surface area contributed by atoms with Crippen LogP contribution >= 0.6 is 23.2 Å². The van der Waals surface area contributed by atoms with Crippen LogP contribution in [0.5, 0.6) is 0 Å². The smallest absolute Gasteiger partial charge is 0.228 e. The third-order valence-electron chi connectivity index (χ3n) is 2.82. The second-order valence-corrected chi connectivity index (χ2v) is 5.11. The van der Waals surface area contributed by atoms with Gasteiger partial charge in [-0.3, -0.25) is 4.79 Å². The Hall–Kier alpha value is -1.51. The Bertz CT molecular complexity index is 594. The van der Waals surface area contributed by atoms with Gasteiger partial charge in [0.1, 0.15) is 0 Å². The lowest BCUT2D eigenvalue weighted by molar-refractivity contribution is -0.115. The molecular weight excluding hydrogens is 281 g/mol. The van der Waals surface area contributed by atoms with Crippen molar-refractivity contribution >= 4 is 34.8 Å². The molecule has 0 spiro atoms. The van der Waals surface area contributed by atoms with E-state index in [1.807, 2.05) is 31.2 Å². The summed E-state index contributed by atoms with van der Waals surface area (Å²) < 4.78 is 0. The van der Waals surface area contributed by atoms with E-state index >= 15 is 0 Å². The predicted octanol–water partition coefficient (Wildman–Crippen LogP) is 4.48. The van der Waals surface area contributed by atoms with Gasteiger partial charge in [-0.1, -0.05) is 41.4 Å². The molecule has 0 aliphatic carbocycles. The quantitative estimate of drug-likeness (QED) is 0.888. The number of carbonyl (C=O) groups is 1. The van der Waals surface area contributed by atoms with Crippen molar-refractivity contribution in [3.05, 3.63) is 63.6 Å². The molecule has 0 aromatic heterocycles. The molecule has 0 radical (unpaired) electrons. The molecule has 1 amide bonds. The summed E-state index contributed by atoms with van der Waals surface area (Å²) in [6, 6.07) is 12.7. The zero-order chi connectivity index (χ0) is 13.8. The molecule has 4 heteroatoms. The first-order valence-electron chi connectivity index (χ1n) is 5.85. The SMILES string of the molecule is Cc1c(Cl)cccc1NC(=O)Cc1ccc(Cl)cc1. The van der Waals surface area contributed by atoms with Gasteiger partial charge in [0.2, 0.25) is 5.91 Å². The molecule has 0 aliphatic heterocycles. The first-order valence-corrected chi connectivity index (χ1v) is 6.61. The Kier molecular flexibility index (Phi) is 4.46. The Morgan fingerprint density at radius 2 is 1.79 bits per heavy atom. The number of carbonyl (C=O) groups excluding carboxylic acids is 1. The van der Waals surface area contributed by atoms with Gasteiger partial charge in [0.25, 0.3) is 0 Å². The maximum absolute atomic E-state index is 11.9. The van der Waals surface area contributed by atoms with Crippen molar-refractivity contribution in [2.75, 3.05) is 5.32 Å². The summed E-state index contributed by atoms with van der Waals surface area (Å²) in [6.07, 6.45) is 0.309. The van der Waals surface area contributed by atoms with Gasteiger partial charge in [0, 0.05) is 15.7 Å². The maximum Gasteiger partial charge on any atom is 0.228 e. The monoisotopic (exact) mass is 293 g/mol.